The SMILES string of the molecule is CC1Oc2ccc(CN(C(=O)OC(C)(C)C)C3Cc4ccccc4C3)cc2NC1=S. The van der Waals surface area contributed by atoms with Crippen molar-refractivity contribution in [3.05, 3.63) is 59.2 Å². The number of carbonyl (C=O) groups is 1. The van der Waals surface area contributed by atoms with Gasteiger partial charge in [0.15, 0.2) is 0 Å². The van der Waals surface area contributed by atoms with Crippen LogP contribution in [0.4, 0.5) is 10.5 Å². The second-order valence-corrected chi connectivity index (χ2v) is 9.46. The molecule has 4 rings (SSSR count). The summed E-state index contributed by atoms with van der Waals surface area (Å²) in [4.78, 5) is 15.6. The molecule has 0 aromatic heterocycles. The summed E-state index contributed by atoms with van der Waals surface area (Å²) >= 11 is 5.34. The summed E-state index contributed by atoms with van der Waals surface area (Å²) in [6.45, 7) is 8.08. The van der Waals surface area contributed by atoms with E-state index in [-0.39, 0.29) is 18.2 Å². The van der Waals surface area contributed by atoms with Gasteiger partial charge in [-0.2, -0.15) is 0 Å². The molecular weight excluding hydrogens is 396 g/mol. The van der Waals surface area contributed by atoms with Crippen LogP contribution in [0.3, 0.4) is 0 Å². The normalized spacial score (nSPS) is 18.1. The predicted molar refractivity (Wildman–Crippen MR) is 122 cm³/mol. The van der Waals surface area contributed by atoms with E-state index in [9.17, 15) is 4.79 Å². The van der Waals surface area contributed by atoms with Gasteiger partial charge in [0.2, 0.25) is 0 Å². The average Bonchev–Trinajstić information content (AvgIpc) is 3.09. The summed E-state index contributed by atoms with van der Waals surface area (Å²) < 4.78 is 11.6. The number of amides is 1. The minimum absolute atomic E-state index is 0.0681. The highest BCUT2D eigenvalue weighted by molar-refractivity contribution is 7.80. The minimum atomic E-state index is -0.547. The number of fused-ring (bicyclic) bond motifs is 2. The highest BCUT2D eigenvalue weighted by atomic mass is 32.1. The monoisotopic (exact) mass is 424 g/mol. The Morgan fingerprint density at radius 2 is 1.87 bits per heavy atom. The highest BCUT2D eigenvalue weighted by Gasteiger charge is 2.33. The molecule has 1 N–H and O–H groups in total. The molecule has 2 aromatic rings. The number of hydrogen-bond acceptors (Lipinski definition) is 4. The van der Waals surface area contributed by atoms with E-state index >= 15 is 0 Å². The van der Waals surface area contributed by atoms with Crippen LogP contribution in [0, 0.1) is 0 Å². The average molecular weight is 425 g/mol. The quantitative estimate of drug-likeness (QED) is 0.694. The summed E-state index contributed by atoms with van der Waals surface area (Å²) in [5.41, 5.74) is 3.90. The van der Waals surface area contributed by atoms with Crippen LogP contribution in [0.1, 0.15) is 44.4 Å². The van der Waals surface area contributed by atoms with E-state index in [1.54, 1.807) is 0 Å². The van der Waals surface area contributed by atoms with E-state index in [1.807, 2.05) is 50.8 Å². The molecule has 1 aliphatic carbocycles. The minimum Gasteiger partial charge on any atom is -0.481 e. The van der Waals surface area contributed by atoms with E-state index < -0.39 is 5.60 Å². The molecule has 0 fully saturated rings. The van der Waals surface area contributed by atoms with Crippen molar-refractivity contribution in [1.29, 1.82) is 0 Å². The number of nitrogens with zero attached hydrogens (tertiary/aromatic N) is 1. The molecule has 5 nitrogen and oxygen atoms in total. The van der Waals surface area contributed by atoms with E-state index in [2.05, 4.69) is 29.6 Å². The Balaban J connectivity index is 1.58. The van der Waals surface area contributed by atoms with Crippen molar-refractivity contribution >= 4 is 29.0 Å². The lowest BCUT2D eigenvalue weighted by Crippen LogP contribution is -2.43. The Bertz CT molecular complexity index is 958. The third-order valence-electron chi connectivity index (χ3n) is 5.43. The second-order valence-electron chi connectivity index (χ2n) is 9.02. The molecule has 0 saturated heterocycles. The first-order valence-electron chi connectivity index (χ1n) is 10.4. The molecule has 158 valence electrons. The van der Waals surface area contributed by atoms with Crippen molar-refractivity contribution in [3.8, 4) is 5.75 Å². The summed E-state index contributed by atoms with van der Waals surface area (Å²) in [6.07, 6.45) is 1.24. The molecule has 0 saturated carbocycles. The zero-order valence-electron chi connectivity index (χ0n) is 17.9. The summed E-state index contributed by atoms with van der Waals surface area (Å²) in [5, 5.41) is 3.25. The van der Waals surface area contributed by atoms with Gasteiger partial charge in [0.1, 0.15) is 22.4 Å². The smallest absolute Gasteiger partial charge is 0.410 e. The van der Waals surface area contributed by atoms with Crippen LogP contribution >= 0.6 is 12.2 Å². The van der Waals surface area contributed by atoms with Crippen LogP contribution in [0.15, 0.2) is 42.5 Å². The van der Waals surface area contributed by atoms with Crippen molar-refractivity contribution in [3.63, 3.8) is 0 Å². The van der Waals surface area contributed by atoms with Crippen molar-refractivity contribution in [2.75, 3.05) is 5.32 Å². The van der Waals surface area contributed by atoms with Gasteiger partial charge in [-0.1, -0.05) is 42.5 Å². The number of benzene rings is 2. The number of ether oxygens (including phenoxy) is 2. The van der Waals surface area contributed by atoms with Crippen LogP contribution in [0.2, 0.25) is 0 Å². The zero-order chi connectivity index (χ0) is 21.5. The van der Waals surface area contributed by atoms with Crippen molar-refractivity contribution in [1.82, 2.24) is 4.90 Å². The Morgan fingerprint density at radius 1 is 1.20 bits per heavy atom. The lowest BCUT2D eigenvalue weighted by Gasteiger charge is -2.32. The van der Waals surface area contributed by atoms with Gasteiger partial charge in [-0.25, -0.2) is 4.79 Å². The molecule has 0 spiro atoms. The van der Waals surface area contributed by atoms with Crippen LogP contribution in [0.5, 0.6) is 5.75 Å². The van der Waals surface area contributed by atoms with Gasteiger partial charge < -0.3 is 19.7 Å². The summed E-state index contributed by atoms with van der Waals surface area (Å²) in [7, 11) is 0. The molecule has 1 unspecified atom stereocenters. The maximum Gasteiger partial charge on any atom is 0.410 e. The second kappa shape index (κ2) is 7.91. The molecule has 1 aliphatic heterocycles. The lowest BCUT2D eigenvalue weighted by molar-refractivity contribution is 0.0148. The fourth-order valence-corrected chi connectivity index (χ4v) is 4.13. The van der Waals surface area contributed by atoms with E-state index in [1.165, 1.54) is 11.1 Å². The molecule has 2 aromatic carbocycles. The highest BCUT2D eigenvalue weighted by Crippen LogP contribution is 2.33. The van der Waals surface area contributed by atoms with Gasteiger partial charge >= 0.3 is 6.09 Å². The summed E-state index contributed by atoms with van der Waals surface area (Å²) in [5.74, 6) is 0.775. The third-order valence-corrected chi connectivity index (χ3v) is 5.86. The van der Waals surface area contributed by atoms with Gasteiger partial charge in [-0.3, -0.25) is 0 Å². The van der Waals surface area contributed by atoms with Gasteiger partial charge in [-0.05, 0) is 69.4 Å². The molecule has 2 aliphatic rings. The maximum absolute atomic E-state index is 13.1. The number of nitrogens with one attached hydrogen (secondary N) is 1. The van der Waals surface area contributed by atoms with Crippen LogP contribution in [0.25, 0.3) is 0 Å². The van der Waals surface area contributed by atoms with Crippen LogP contribution in [-0.2, 0) is 24.1 Å². The molecule has 1 atom stereocenters. The molecule has 6 heteroatoms. The first kappa shape index (κ1) is 20.7. The Kier molecular flexibility index (Phi) is 5.45. The lowest BCUT2D eigenvalue weighted by atomic mass is 10.1. The fourth-order valence-electron chi connectivity index (χ4n) is 3.97. The van der Waals surface area contributed by atoms with Crippen molar-refractivity contribution in [2.24, 2.45) is 0 Å². The number of rotatable bonds is 3. The molecule has 30 heavy (non-hydrogen) atoms. The van der Waals surface area contributed by atoms with Crippen LogP contribution in [-0.4, -0.2) is 33.7 Å². The Labute approximate surface area is 183 Å². The number of carbonyl (C=O) groups excluding carboxylic acids is 1. The molecule has 1 heterocycles. The molecule has 0 radical (unpaired) electrons. The van der Waals surface area contributed by atoms with Gasteiger partial charge in [0, 0.05) is 12.6 Å². The number of thiocarbonyl (C=S) groups is 1. The molecular formula is C24H28N2O3S. The first-order valence-corrected chi connectivity index (χ1v) is 10.8. The largest absolute Gasteiger partial charge is 0.481 e. The standard InChI is InChI=1S/C24H28N2O3S/c1-15-22(30)25-20-11-16(9-10-21(20)28-15)14-26(23(27)29-24(2,3)4)19-12-17-7-5-6-8-18(17)13-19/h5-11,15,19H,12-14H2,1-4H3,(H,25,30). The third kappa shape index (κ3) is 4.43. The Hall–Kier alpha value is -2.60. The molecule has 0 bridgehead atoms. The van der Waals surface area contributed by atoms with Gasteiger partial charge in [0.05, 0.1) is 5.69 Å². The maximum atomic E-state index is 13.1. The van der Waals surface area contributed by atoms with Gasteiger partial charge in [-0.15, -0.1) is 0 Å². The summed E-state index contributed by atoms with van der Waals surface area (Å²) in [6, 6.07) is 14.4. The molecule has 1 amide bonds. The number of anilines is 1. The van der Waals surface area contributed by atoms with Gasteiger partial charge in [0.25, 0.3) is 0 Å². The first-order chi connectivity index (χ1) is 14.2. The van der Waals surface area contributed by atoms with E-state index in [0.717, 1.165) is 29.8 Å². The topological polar surface area (TPSA) is 50.8 Å². The van der Waals surface area contributed by atoms with Crippen LogP contribution < -0.4 is 10.1 Å². The van der Waals surface area contributed by atoms with Crippen molar-refractivity contribution < 1.29 is 14.3 Å². The van der Waals surface area contributed by atoms with E-state index in [0.29, 0.717) is 11.5 Å². The Morgan fingerprint density at radius 3 is 2.50 bits per heavy atom. The van der Waals surface area contributed by atoms with E-state index in [4.69, 9.17) is 21.7 Å². The number of hydrogen-bond donors (Lipinski definition) is 1. The zero-order valence-corrected chi connectivity index (χ0v) is 18.7. The predicted octanol–water partition coefficient (Wildman–Crippen LogP) is 5.11. The van der Waals surface area contributed by atoms with Crippen molar-refractivity contribution in [2.45, 2.75) is 64.8 Å². The fraction of sp³-hybridized carbons (Fsp3) is 0.417.